The Balaban J connectivity index is 1.29. The third-order valence-electron chi connectivity index (χ3n) is 10.8. The molecule has 0 radical (unpaired) electrons. The number of aromatic hydroxyl groups is 1. The number of imidazole rings is 1. The number of ketones is 1. The van der Waals surface area contributed by atoms with Gasteiger partial charge in [0.1, 0.15) is 29.9 Å². The predicted octanol–water partition coefficient (Wildman–Crippen LogP) is 5.07. The zero-order chi connectivity index (χ0) is 33.4. The summed E-state index contributed by atoms with van der Waals surface area (Å²) < 4.78 is 37.6. The van der Waals surface area contributed by atoms with E-state index in [0.29, 0.717) is 49.2 Å². The molecule has 48 heavy (non-hydrogen) atoms. The monoisotopic (exact) mass is 656 g/mol. The van der Waals surface area contributed by atoms with Crippen molar-refractivity contribution in [2.45, 2.75) is 81.6 Å². The Morgan fingerprint density at radius 2 is 1.96 bits per heavy atom. The number of anilines is 1. The number of aliphatic hydroxyl groups is 1. The topological polar surface area (TPSA) is 117 Å². The fourth-order valence-electron chi connectivity index (χ4n) is 8.33. The van der Waals surface area contributed by atoms with Crippen molar-refractivity contribution >= 4 is 33.5 Å². The quantitative estimate of drug-likeness (QED) is 0.208. The number of benzene rings is 2. The predicted molar refractivity (Wildman–Crippen MR) is 176 cm³/mol. The lowest BCUT2D eigenvalue weighted by molar-refractivity contribution is 0.0446. The summed E-state index contributed by atoms with van der Waals surface area (Å²) in [5, 5.41) is 22.4. The molecule has 2 aromatic heterocycles. The van der Waals surface area contributed by atoms with Gasteiger partial charge in [0.15, 0.2) is 17.3 Å². The van der Waals surface area contributed by atoms with Crippen LogP contribution in [0.4, 0.5) is 14.6 Å². The van der Waals surface area contributed by atoms with Gasteiger partial charge in [-0.2, -0.15) is 9.97 Å². The number of fused-ring (bicyclic) bond motifs is 3. The van der Waals surface area contributed by atoms with E-state index in [2.05, 4.69) is 10.8 Å². The number of alkyl halides is 1. The van der Waals surface area contributed by atoms with Gasteiger partial charge in [0.05, 0.1) is 16.7 Å². The number of phenols is 1. The van der Waals surface area contributed by atoms with Crippen LogP contribution in [0.2, 0.25) is 0 Å². The molecule has 3 atom stereocenters. The van der Waals surface area contributed by atoms with E-state index >= 15 is 0 Å². The van der Waals surface area contributed by atoms with Crippen LogP contribution in [-0.4, -0.2) is 90.5 Å². The first-order valence-electron chi connectivity index (χ1n) is 16.8. The summed E-state index contributed by atoms with van der Waals surface area (Å²) in [6.07, 6.45) is 10.9. The largest absolute Gasteiger partial charge is 0.508 e. The van der Waals surface area contributed by atoms with Gasteiger partial charge in [-0.05, 0) is 82.0 Å². The molecule has 12 heteroatoms. The van der Waals surface area contributed by atoms with Crippen molar-refractivity contribution < 1.29 is 28.5 Å². The van der Waals surface area contributed by atoms with Gasteiger partial charge >= 0.3 is 6.01 Å². The Bertz CT molecular complexity index is 2000. The molecule has 250 valence electrons. The SMILES string of the molecule is C#Cc1c(F)ccc2cc(O)cc(C(=O)c3nc4nc(OC[C@@]56CCCN5C[C@H](F)C6)nc(N5CCC[C@@](C)(O)C5)c4n3C3CCC3)c12. The van der Waals surface area contributed by atoms with Gasteiger partial charge in [-0.1, -0.05) is 12.0 Å². The second kappa shape index (κ2) is 11.4. The lowest BCUT2D eigenvalue weighted by atomic mass is 9.91. The van der Waals surface area contributed by atoms with E-state index in [9.17, 15) is 23.8 Å². The molecule has 0 unspecified atom stereocenters. The maximum atomic E-state index is 14.9. The first-order valence-corrected chi connectivity index (χ1v) is 16.8. The molecular weight excluding hydrogens is 618 g/mol. The molecule has 3 saturated heterocycles. The maximum Gasteiger partial charge on any atom is 0.320 e. The summed E-state index contributed by atoms with van der Waals surface area (Å²) in [6.45, 7) is 4.16. The van der Waals surface area contributed by atoms with Gasteiger partial charge < -0.3 is 24.4 Å². The van der Waals surface area contributed by atoms with Crippen LogP contribution >= 0.6 is 0 Å². The second-order valence-corrected chi connectivity index (χ2v) is 14.3. The van der Waals surface area contributed by atoms with Gasteiger partial charge in [0.2, 0.25) is 5.78 Å². The van der Waals surface area contributed by atoms with Crippen molar-refractivity contribution in [1.82, 2.24) is 24.4 Å². The van der Waals surface area contributed by atoms with Crippen molar-refractivity contribution in [2.24, 2.45) is 0 Å². The molecule has 4 aromatic rings. The van der Waals surface area contributed by atoms with Crippen molar-refractivity contribution in [2.75, 3.05) is 37.7 Å². The maximum absolute atomic E-state index is 14.9. The van der Waals surface area contributed by atoms with Crippen LogP contribution in [0.5, 0.6) is 11.8 Å². The second-order valence-electron chi connectivity index (χ2n) is 14.3. The van der Waals surface area contributed by atoms with Gasteiger partial charge in [0.25, 0.3) is 0 Å². The molecule has 0 bridgehead atoms. The Morgan fingerprint density at radius 3 is 2.71 bits per heavy atom. The molecule has 8 rings (SSSR count). The van der Waals surface area contributed by atoms with Crippen LogP contribution in [-0.2, 0) is 0 Å². The first-order chi connectivity index (χ1) is 23.1. The fourth-order valence-corrected chi connectivity index (χ4v) is 8.33. The van der Waals surface area contributed by atoms with E-state index in [1.54, 1.807) is 6.92 Å². The summed E-state index contributed by atoms with van der Waals surface area (Å²) in [7, 11) is 0. The van der Waals surface area contributed by atoms with Crippen molar-refractivity contribution in [3.63, 3.8) is 0 Å². The minimum Gasteiger partial charge on any atom is -0.508 e. The summed E-state index contributed by atoms with van der Waals surface area (Å²) in [5.41, 5.74) is -0.625. The van der Waals surface area contributed by atoms with Crippen LogP contribution in [0.1, 0.15) is 86.1 Å². The number of carbonyl (C=O) groups is 1. The van der Waals surface area contributed by atoms with Gasteiger partial charge in [-0.25, -0.2) is 13.8 Å². The normalized spacial score (nSPS) is 26.1. The van der Waals surface area contributed by atoms with Gasteiger partial charge in [-0.3, -0.25) is 9.69 Å². The van der Waals surface area contributed by atoms with Crippen LogP contribution < -0.4 is 9.64 Å². The van der Waals surface area contributed by atoms with Crippen LogP contribution in [0.15, 0.2) is 24.3 Å². The van der Waals surface area contributed by atoms with E-state index in [4.69, 9.17) is 26.1 Å². The average Bonchev–Trinajstić information content (AvgIpc) is 3.68. The van der Waals surface area contributed by atoms with E-state index < -0.39 is 28.9 Å². The average molecular weight is 657 g/mol. The van der Waals surface area contributed by atoms with Crippen LogP contribution in [0, 0.1) is 18.2 Å². The number of hydrogen-bond donors (Lipinski definition) is 2. The molecule has 2 aromatic carbocycles. The number of ether oxygens (including phenoxy) is 1. The fraction of sp³-hybridized carbons (Fsp3) is 0.500. The number of hydrogen-bond acceptors (Lipinski definition) is 9. The molecule has 0 spiro atoms. The number of phenolic OH excluding ortho intramolecular Hbond substituents is 1. The Hall–Kier alpha value is -4.34. The lowest BCUT2D eigenvalue weighted by Crippen LogP contribution is -2.46. The number of rotatable bonds is 7. The number of carbonyl (C=O) groups excluding carboxylic acids is 1. The van der Waals surface area contributed by atoms with E-state index in [1.165, 1.54) is 24.3 Å². The molecule has 3 aliphatic heterocycles. The van der Waals surface area contributed by atoms with Gasteiger partial charge in [0, 0.05) is 43.0 Å². The minimum absolute atomic E-state index is 0.0302. The first kappa shape index (κ1) is 31.0. The molecule has 5 heterocycles. The lowest BCUT2D eigenvalue weighted by Gasteiger charge is -2.38. The molecule has 4 fully saturated rings. The number of halogens is 2. The number of β-amino-alcohol motifs (C(OH)–C–C–N with tert-alkyl or cyclic N) is 1. The molecule has 1 saturated carbocycles. The summed E-state index contributed by atoms with van der Waals surface area (Å²) in [4.78, 5) is 33.2. The minimum atomic E-state index is -0.962. The number of piperidine rings is 1. The highest BCUT2D eigenvalue weighted by atomic mass is 19.1. The molecular formula is C36H38F2N6O4. The van der Waals surface area contributed by atoms with Gasteiger partial charge in [-0.15, -0.1) is 6.42 Å². The Kier molecular flexibility index (Phi) is 7.34. The number of aromatic nitrogens is 4. The zero-order valence-electron chi connectivity index (χ0n) is 26.9. The van der Waals surface area contributed by atoms with Crippen LogP contribution in [0.25, 0.3) is 21.9 Å². The van der Waals surface area contributed by atoms with E-state index in [0.717, 1.165) is 45.1 Å². The standard InChI is InChI=1S/C36H38F2N6O4/c1-3-25-27(38)10-9-21-15-24(45)16-26(28(21)25)30(46)33-39-31-29(44(33)23-7-4-8-23)32(42-13-5-11-35(2,47)19-42)41-34(40-31)48-20-36-12-6-14-43(36)18-22(37)17-36/h1,9-10,15-16,22-23,45,47H,4-8,11-14,17-20H2,2H3/t22-,35-,36+/m1/s1. The van der Waals surface area contributed by atoms with Crippen molar-refractivity contribution in [3.05, 3.63) is 47.0 Å². The molecule has 2 N–H and O–H groups in total. The van der Waals surface area contributed by atoms with E-state index in [-0.39, 0.29) is 52.4 Å². The Labute approximate surface area is 276 Å². The third-order valence-corrected chi connectivity index (χ3v) is 10.8. The summed E-state index contributed by atoms with van der Waals surface area (Å²) >= 11 is 0. The molecule has 4 aliphatic rings. The number of nitrogens with zero attached hydrogens (tertiary/aromatic N) is 6. The highest BCUT2D eigenvalue weighted by molar-refractivity contribution is 6.17. The highest BCUT2D eigenvalue weighted by Crippen LogP contribution is 2.43. The molecule has 1 aliphatic carbocycles. The summed E-state index contributed by atoms with van der Waals surface area (Å²) in [5.74, 6) is 1.60. The zero-order valence-corrected chi connectivity index (χ0v) is 26.9. The third kappa shape index (κ3) is 5.06. The highest BCUT2D eigenvalue weighted by Gasteiger charge is 2.49. The Morgan fingerprint density at radius 1 is 1.15 bits per heavy atom. The smallest absolute Gasteiger partial charge is 0.320 e. The van der Waals surface area contributed by atoms with Crippen LogP contribution in [0.3, 0.4) is 0 Å². The number of terminal acetylenes is 1. The molecule has 10 nitrogen and oxygen atoms in total. The summed E-state index contributed by atoms with van der Waals surface area (Å²) in [6, 6.07) is 5.43. The molecule has 0 amide bonds. The van der Waals surface area contributed by atoms with Crippen molar-refractivity contribution in [3.8, 4) is 24.1 Å². The van der Waals surface area contributed by atoms with Crippen molar-refractivity contribution in [1.29, 1.82) is 0 Å². The van der Waals surface area contributed by atoms with E-state index in [1.807, 2.05) is 9.47 Å².